The second-order valence-electron chi connectivity index (χ2n) is 2.52. The van der Waals surface area contributed by atoms with Crippen molar-refractivity contribution in [3.05, 3.63) is 26.7 Å². The summed E-state index contributed by atoms with van der Waals surface area (Å²) in [6.07, 6.45) is 2.84. The van der Waals surface area contributed by atoms with Crippen LogP contribution >= 0.6 is 22.6 Å². The van der Waals surface area contributed by atoms with Crippen molar-refractivity contribution in [2.75, 3.05) is 0 Å². The summed E-state index contributed by atoms with van der Waals surface area (Å²) in [5, 5.41) is 0. The average Bonchev–Trinajstić information content (AvgIpc) is 2.12. The third-order valence-corrected chi connectivity index (χ3v) is 2.45. The van der Waals surface area contributed by atoms with Crippen molar-refractivity contribution in [3.8, 4) is 0 Å². The minimum atomic E-state index is -0.148. The van der Waals surface area contributed by atoms with Crippen LogP contribution in [-0.2, 0) is 7.05 Å². The topological polar surface area (TPSA) is 60.7 Å². The number of rotatable bonds is 0. The van der Waals surface area contributed by atoms with Crippen LogP contribution in [0.3, 0.4) is 0 Å². The molecule has 66 valence electrons. The summed E-state index contributed by atoms with van der Waals surface area (Å²) in [5.41, 5.74) is 0.779. The third-order valence-electron chi connectivity index (χ3n) is 1.66. The molecule has 0 amide bonds. The van der Waals surface area contributed by atoms with Crippen LogP contribution < -0.4 is 5.56 Å². The minimum absolute atomic E-state index is 0.148. The number of halogens is 1. The average molecular weight is 288 g/mol. The SMILES string of the molecule is Cn1cnc2c(I)ncnc2c1=O. The van der Waals surface area contributed by atoms with Crippen LogP contribution in [0.25, 0.3) is 11.0 Å². The van der Waals surface area contributed by atoms with Crippen LogP contribution in [-0.4, -0.2) is 19.5 Å². The lowest BCUT2D eigenvalue weighted by atomic mass is 10.4. The first-order valence-corrected chi connectivity index (χ1v) is 4.60. The van der Waals surface area contributed by atoms with Gasteiger partial charge in [-0.25, -0.2) is 15.0 Å². The first kappa shape index (κ1) is 8.54. The second kappa shape index (κ2) is 3.02. The monoisotopic (exact) mass is 288 g/mol. The Balaban J connectivity index is 3.03. The van der Waals surface area contributed by atoms with E-state index in [9.17, 15) is 4.79 Å². The Bertz CT molecular complexity index is 521. The van der Waals surface area contributed by atoms with Crippen molar-refractivity contribution >= 4 is 33.6 Å². The maximum Gasteiger partial charge on any atom is 0.279 e. The van der Waals surface area contributed by atoms with E-state index in [4.69, 9.17) is 0 Å². The summed E-state index contributed by atoms with van der Waals surface area (Å²) >= 11 is 2.02. The van der Waals surface area contributed by atoms with E-state index in [1.807, 2.05) is 22.6 Å². The normalized spacial score (nSPS) is 10.6. The molecule has 0 fully saturated rings. The zero-order chi connectivity index (χ0) is 9.42. The van der Waals surface area contributed by atoms with E-state index in [1.165, 1.54) is 17.2 Å². The van der Waals surface area contributed by atoms with Gasteiger partial charge in [-0.05, 0) is 22.6 Å². The van der Waals surface area contributed by atoms with E-state index in [2.05, 4.69) is 15.0 Å². The Morgan fingerprint density at radius 3 is 2.85 bits per heavy atom. The molecule has 13 heavy (non-hydrogen) atoms. The van der Waals surface area contributed by atoms with Gasteiger partial charge in [0.15, 0.2) is 5.52 Å². The quantitative estimate of drug-likeness (QED) is 0.517. The van der Waals surface area contributed by atoms with Gasteiger partial charge >= 0.3 is 0 Å². The van der Waals surface area contributed by atoms with Crippen LogP contribution in [0.15, 0.2) is 17.4 Å². The zero-order valence-electron chi connectivity index (χ0n) is 6.73. The Labute approximate surface area is 87.0 Å². The van der Waals surface area contributed by atoms with E-state index in [0.717, 1.165) is 0 Å². The zero-order valence-corrected chi connectivity index (χ0v) is 8.89. The maximum atomic E-state index is 11.5. The van der Waals surface area contributed by atoms with E-state index in [-0.39, 0.29) is 5.56 Å². The molecule has 0 bridgehead atoms. The van der Waals surface area contributed by atoms with Gasteiger partial charge in [0.2, 0.25) is 0 Å². The molecule has 2 aromatic heterocycles. The van der Waals surface area contributed by atoms with Crippen LogP contribution in [0, 0.1) is 3.70 Å². The number of aromatic nitrogens is 4. The Morgan fingerprint density at radius 2 is 2.08 bits per heavy atom. The minimum Gasteiger partial charge on any atom is -0.301 e. The van der Waals surface area contributed by atoms with Gasteiger partial charge in [0.05, 0.1) is 6.33 Å². The largest absolute Gasteiger partial charge is 0.301 e. The number of hydrogen-bond donors (Lipinski definition) is 0. The van der Waals surface area contributed by atoms with E-state index in [1.54, 1.807) is 7.05 Å². The van der Waals surface area contributed by atoms with Crippen LogP contribution in [0.4, 0.5) is 0 Å². The van der Waals surface area contributed by atoms with Crippen molar-refractivity contribution in [2.45, 2.75) is 0 Å². The molecule has 2 rings (SSSR count). The van der Waals surface area contributed by atoms with Gasteiger partial charge in [0, 0.05) is 7.05 Å². The standard InChI is InChI=1S/C7H5IN4O/c1-12-3-11-4-5(7(12)13)9-2-10-6(4)8/h2-3H,1H3. The van der Waals surface area contributed by atoms with Crippen LogP contribution in [0.1, 0.15) is 0 Å². The molecule has 0 N–H and O–H groups in total. The number of hydrogen-bond acceptors (Lipinski definition) is 4. The molecule has 0 saturated heterocycles. The molecule has 0 aromatic carbocycles. The Hall–Kier alpha value is -1.05. The molecule has 6 heteroatoms. The van der Waals surface area contributed by atoms with Crippen molar-refractivity contribution < 1.29 is 0 Å². The Kier molecular flexibility index (Phi) is 1.98. The predicted molar refractivity (Wildman–Crippen MR) is 55.3 cm³/mol. The summed E-state index contributed by atoms with van der Waals surface area (Å²) in [7, 11) is 1.64. The van der Waals surface area contributed by atoms with Gasteiger partial charge in [0.1, 0.15) is 15.5 Å². The third kappa shape index (κ3) is 1.30. The fourth-order valence-electron chi connectivity index (χ4n) is 0.992. The lowest BCUT2D eigenvalue weighted by molar-refractivity contribution is 0.835. The van der Waals surface area contributed by atoms with Crippen molar-refractivity contribution in [1.82, 2.24) is 19.5 Å². The molecule has 0 atom stereocenters. The Morgan fingerprint density at radius 1 is 1.31 bits per heavy atom. The van der Waals surface area contributed by atoms with Crippen molar-refractivity contribution in [1.29, 1.82) is 0 Å². The molecule has 5 nitrogen and oxygen atoms in total. The van der Waals surface area contributed by atoms with E-state index in [0.29, 0.717) is 14.7 Å². The first-order chi connectivity index (χ1) is 6.20. The molecular weight excluding hydrogens is 283 g/mol. The molecule has 0 aliphatic heterocycles. The van der Waals surface area contributed by atoms with Crippen LogP contribution in [0.2, 0.25) is 0 Å². The van der Waals surface area contributed by atoms with E-state index >= 15 is 0 Å². The first-order valence-electron chi connectivity index (χ1n) is 3.52. The van der Waals surface area contributed by atoms with Gasteiger partial charge in [-0.1, -0.05) is 0 Å². The number of fused-ring (bicyclic) bond motifs is 1. The van der Waals surface area contributed by atoms with Gasteiger partial charge in [-0.3, -0.25) is 4.79 Å². The highest BCUT2D eigenvalue weighted by molar-refractivity contribution is 14.1. The van der Waals surface area contributed by atoms with E-state index < -0.39 is 0 Å². The molecule has 2 heterocycles. The second-order valence-corrected chi connectivity index (χ2v) is 3.54. The number of aryl methyl sites for hydroxylation is 1. The van der Waals surface area contributed by atoms with Crippen molar-refractivity contribution in [3.63, 3.8) is 0 Å². The lowest BCUT2D eigenvalue weighted by Gasteiger charge is -1.99. The molecule has 0 aliphatic rings. The maximum absolute atomic E-state index is 11.5. The molecule has 0 unspecified atom stereocenters. The fraction of sp³-hybridized carbons (Fsp3) is 0.143. The highest BCUT2D eigenvalue weighted by atomic mass is 127. The summed E-state index contributed by atoms with van der Waals surface area (Å²) < 4.78 is 2.09. The fourth-order valence-corrected chi connectivity index (χ4v) is 1.51. The molecule has 0 saturated carbocycles. The molecule has 0 radical (unpaired) electrons. The van der Waals surface area contributed by atoms with Gasteiger partial charge in [0.25, 0.3) is 5.56 Å². The highest BCUT2D eigenvalue weighted by Crippen LogP contribution is 2.08. The highest BCUT2D eigenvalue weighted by Gasteiger charge is 2.05. The van der Waals surface area contributed by atoms with Gasteiger partial charge in [-0.2, -0.15) is 0 Å². The predicted octanol–water partition coefficient (Wildman–Crippen LogP) is 0.328. The summed E-state index contributed by atoms with van der Waals surface area (Å²) in [6.45, 7) is 0. The summed E-state index contributed by atoms with van der Waals surface area (Å²) in [4.78, 5) is 23.4. The van der Waals surface area contributed by atoms with Gasteiger partial charge in [-0.15, -0.1) is 0 Å². The van der Waals surface area contributed by atoms with Crippen LogP contribution in [0.5, 0.6) is 0 Å². The summed E-state index contributed by atoms with van der Waals surface area (Å²) in [5.74, 6) is 0. The summed E-state index contributed by atoms with van der Waals surface area (Å²) in [6, 6.07) is 0. The molecule has 2 aromatic rings. The molecular formula is C7H5IN4O. The molecule has 0 aliphatic carbocycles. The lowest BCUT2D eigenvalue weighted by Crippen LogP contribution is -2.18. The molecule has 0 spiro atoms. The van der Waals surface area contributed by atoms with Gasteiger partial charge < -0.3 is 4.57 Å². The van der Waals surface area contributed by atoms with Crippen molar-refractivity contribution in [2.24, 2.45) is 7.05 Å². The smallest absolute Gasteiger partial charge is 0.279 e. The number of nitrogens with zero attached hydrogens (tertiary/aromatic N) is 4.